The van der Waals surface area contributed by atoms with Crippen molar-refractivity contribution in [1.29, 1.82) is 0 Å². The smallest absolute Gasteiger partial charge is 0.468 e. The number of esters is 1. The molecule has 0 N–H and O–H groups in total. The zero-order valence-electron chi connectivity index (χ0n) is 7.87. The summed E-state index contributed by atoms with van der Waals surface area (Å²) in [7, 11) is -5.36. The molecule has 0 radical (unpaired) electrons. The number of ether oxygens (including phenoxy) is 1. The molecular weight excluding hydrogens is 247 g/mol. The highest BCUT2D eigenvalue weighted by Crippen LogP contribution is 2.08. The average Bonchev–Trinajstić information content (AvgIpc) is 2.43. The van der Waals surface area contributed by atoms with E-state index in [1.54, 1.807) is 0 Å². The zero-order chi connectivity index (χ0) is 12.3. The lowest BCUT2D eigenvalue weighted by Crippen LogP contribution is -2.29. The highest BCUT2D eigenvalue weighted by Gasteiger charge is 2.47. The van der Waals surface area contributed by atoms with Gasteiger partial charge in [0.25, 0.3) is 10.1 Å². The van der Waals surface area contributed by atoms with Gasteiger partial charge in [-0.05, 0) is 0 Å². The molecule has 0 aromatic heterocycles. The lowest BCUT2D eigenvalue weighted by atomic mass is 10.3. The maximum absolute atomic E-state index is 11.1. The van der Waals surface area contributed by atoms with Gasteiger partial charge in [0, 0.05) is 0 Å². The highest BCUT2D eigenvalue weighted by molar-refractivity contribution is 7.88. The normalized spacial score (nSPS) is 15.7. The van der Waals surface area contributed by atoms with E-state index >= 15 is 0 Å². The molecule has 0 unspecified atom stereocenters. The zero-order valence-corrected chi connectivity index (χ0v) is 8.68. The van der Waals surface area contributed by atoms with Crippen LogP contribution in [-0.4, -0.2) is 46.5 Å². The van der Waals surface area contributed by atoms with Gasteiger partial charge in [0.05, 0.1) is 7.11 Å². The minimum atomic E-state index is -4.35. The maximum atomic E-state index is 11.1. The molecule has 1 aliphatic heterocycles. The van der Waals surface area contributed by atoms with Gasteiger partial charge in [-0.25, -0.2) is 13.7 Å². The summed E-state index contributed by atoms with van der Waals surface area (Å²) in [5.41, 5.74) is 0. The van der Waals surface area contributed by atoms with Crippen molar-refractivity contribution in [1.82, 2.24) is 0 Å². The molecule has 16 heavy (non-hydrogen) atoms. The maximum Gasteiger partial charge on any atom is 0.807 e. The lowest BCUT2D eigenvalue weighted by molar-refractivity contribution is -0.150. The van der Waals surface area contributed by atoms with Crippen molar-refractivity contribution in [3.63, 3.8) is 0 Å². The van der Waals surface area contributed by atoms with E-state index in [9.17, 15) is 22.8 Å². The van der Waals surface area contributed by atoms with Gasteiger partial charge in [-0.2, -0.15) is 8.42 Å². The van der Waals surface area contributed by atoms with E-state index in [2.05, 4.69) is 18.1 Å². The van der Waals surface area contributed by atoms with Crippen LogP contribution in [0.1, 0.15) is 0 Å². The van der Waals surface area contributed by atoms with Gasteiger partial charge >= 0.3 is 25.2 Å². The van der Waals surface area contributed by atoms with Crippen molar-refractivity contribution < 1.29 is 40.9 Å². The fraction of sp³-hybridized carbons (Fsp3) is 0.400. The van der Waals surface area contributed by atoms with Crippen molar-refractivity contribution in [3.8, 4) is 0 Å². The summed E-state index contributed by atoms with van der Waals surface area (Å²) in [5.74, 6) is -4.91. The predicted octanol–water partition coefficient (Wildman–Crippen LogP) is -2.41. The summed E-state index contributed by atoms with van der Waals surface area (Å²) in [6.07, 6.45) is 0. The minimum Gasteiger partial charge on any atom is -0.468 e. The van der Waals surface area contributed by atoms with Gasteiger partial charge in [-0.15, -0.1) is 0 Å². The summed E-state index contributed by atoms with van der Waals surface area (Å²) in [6.45, 7) is 0. The van der Waals surface area contributed by atoms with E-state index in [4.69, 9.17) is 0 Å². The van der Waals surface area contributed by atoms with E-state index in [0.717, 1.165) is 7.11 Å². The van der Waals surface area contributed by atoms with Gasteiger partial charge < -0.3 is 14.0 Å². The Hall–Kier alpha value is -1.62. The van der Waals surface area contributed by atoms with Crippen molar-refractivity contribution in [2.75, 3.05) is 12.9 Å². The molecule has 0 aromatic carbocycles. The minimum absolute atomic E-state index is 0.980. The molecule has 0 aromatic rings. The largest absolute Gasteiger partial charge is 0.807 e. The number of rotatable bonds is 4. The van der Waals surface area contributed by atoms with Crippen molar-refractivity contribution in [3.05, 3.63) is 0 Å². The third kappa shape index (κ3) is 3.20. The first kappa shape index (κ1) is 12.5. The van der Waals surface area contributed by atoms with Crippen molar-refractivity contribution in [2.24, 2.45) is 0 Å². The van der Waals surface area contributed by atoms with Gasteiger partial charge in [0.1, 0.15) is 0 Å². The summed E-state index contributed by atoms with van der Waals surface area (Å²) in [4.78, 5) is 31.6. The number of carbonyl (C=O) groups is 3. The Bertz CT molecular complexity index is 409. The van der Waals surface area contributed by atoms with E-state index in [1.165, 1.54) is 0 Å². The molecule has 1 heterocycles. The Labute approximate surface area is 89.9 Å². The van der Waals surface area contributed by atoms with E-state index in [1.807, 2.05) is 0 Å². The molecule has 1 rings (SSSR count). The Morgan fingerprint density at radius 1 is 1.31 bits per heavy atom. The Morgan fingerprint density at radius 2 is 1.81 bits per heavy atom. The first-order valence-electron chi connectivity index (χ1n) is 3.73. The van der Waals surface area contributed by atoms with Gasteiger partial charge in [-0.1, -0.05) is 0 Å². The van der Waals surface area contributed by atoms with Crippen LogP contribution in [0, 0.1) is 0 Å². The first-order valence-corrected chi connectivity index (χ1v) is 5.31. The highest BCUT2D eigenvalue weighted by atomic mass is 32.2. The van der Waals surface area contributed by atoms with Crippen LogP contribution < -0.4 is 0 Å². The molecule has 9 nitrogen and oxygen atoms in total. The Balaban J connectivity index is 2.58. The molecule has 1 saturated heterocycles. The van der Waals surface area contributed by atoms with E-state index in [-0.39, 0.29) is 0 Å². The summed E-state index contributed by atoms with van der Waals surface area (Å²) < 4.78 is 38.4. The quantitative estimate of drug-likeness (QED) is 0.305. The molecule has 0 amide bonds. The second-order valence-electron chi connectivity index (χ2n) is 2.47. The van der Waals surface area contributed by atoms with Crippen LogP contribution in [0.25, 0.3) is 0 Å². The number of hydrogen-bond donors (Lipinski definition) is 0. The molecular formula is C5H5BO9S. The van der Waals surface area contributed by atoms with Crippen LogP contribution in [0.3, 0.4) is 0 Å². The molecule has 88 valence electrons. The Morgan fingerprint density at radius 3 is 2.25 bits per heavy atom. The van der Waals surface area contributed by atoms with E-state index in [0.29, 0.717) is 0 Å². The van der Waals surface area contributed by atoms with Crippen LogP contribution in [0.2, 0.25) is 0 Å². The third-order valence-electron chi connectivity index (χ3n) is 1.32. The van der Waals surface area contributed by atoms with Crippen LogP contribution in [0.4, 0.5) is 0 Å². The molecule has 1 aliphatic rings. The van der Waals surface area contributed by atoms with Gasteiger partial charge in [0.2, 0.25) is 0 Å². The van der Waals surface area contributed by atoms with Crippen LogP contribution in [0.5, 0.6) is 0 Å². The average molecular weight is 252 g/mol. The third-order valence-corrected chi connectivity index (χ3v) is 2.36. The first-order chi connectivity index (χ1) is 7.34. The predicted molar refractivity (Wildman–Crippen MR) is 44.8 cm³/mol. The van der Waals surface area contributed by atoms with Crippen molar-refractivity contribution >= 4 is 35.3 Å². The van der Waals surface area contributed by atoms with Crippen LogP contribution in [0.15, 0.2) is 0 Å². The van der Waals surface area contributed by atoms with Crippen LogP contribution in [-0.2, 0) is 42.6 Å². The topological polar surface area (TPSA) is 122 Å². The number of hydrogen-bond acceptors (Lipinski definition) is 9. The summed E-state index contributed by atoms with van der Waals surface area (Å²) in [6, 6.07) is 0. The second kappa shape index (κ2) is 4.49. The molecule has 1 fully saturated rings. The fourth-order valence-corrected chi connectivity index (χ4v) is 1.48. The molecule has 0 saturated carbocycles. The standard InChI is InChI=1S/C5H5BO9S/c1-12-3(7)2-16(10,11)15-6-13-4(8)5(9)14-6/h2H2,1H3. The molecule has 0 aliphatic carbocycles. The fourth-order valence-electron chi connectivity index (χ4n) is 0.691. The second-order valence-corrected chi connectivity index (χ2v) is 4.07. The SMILES string of the molecule is COC(=O)CS(=O)(=O)OB1OC(=O)C(=O)O1. The number of carbonyl (C=O) groups excluding carboxylic acids is 3. The molecule has 0 bridgehead atoms. The Kier molecular flexibility index (Phi) is 3.49. The molecule has 11 heteroatoms. The summed E-state index contributed by atoms with van der Waals surface area (Å²) >= 11 is 0. The van der Waals surface area contributed by atoms with Crippen molar-refractivity contribution in [2.45, 2.75) is 0 Å². The number of methoxy groups -OCH3 is 1. The molecule has 0 atom stereocenters. The van der Waals surface area contributed by atoms with Gasteiger partial charge in [-0.3, -0.25) is 4.79 Å². The van der Waals surface area contributed by atoms with Gasteiger partial charge in [0.15, 0.2) is 5.75 Å². The van der Waals surface area contributed by atoms with Crippen LogP contribution >= 0.6 is 0 Å². The monoisotopic (exact) mass is 252 g/mol. The lowest BCUT2D eigenvalue weighted by Gasteiger charge is -2.03. The summed E-state index contributed by atoms with van der Waals surface area (Å²) in [5, 5.41) is 0. The van der Waals surface area contributed by atoms with E-state index < -0.39 is 41.1 Å². The molecule has 0 spiro atoms.